The number of hydrogen-bond acceptors (Lipinski definition) is 4. The normalized spacial score (nSPS) is 12.4. The van der Waals surface area contributed by atoms with Crippen LogP contribution in [0, 0.1) is 10.7 Å². The third-order valence-corrected chi connectivity index (χ3v) is 2.90. The van der Waals surface area contributed by atoms with Gasteiger partial charge in [0.2, 0.25) is 0 Å². The maximum Gasteiger partial charge on any atom is 0.134 e. The maximum atomic E-state index is 8.33. The van der Waals surface area contributed by atoms with E-state index in [9.17, 15) is 0 Å². The van der Waals surface area contributed by atoms with Crippen LogP contribution in [0.3, 0.4) is 0 Å². The van der Waals surface area contributed by atoms with Gasteiger partial charge in [0, 0.05) is 11.1 Å². The van der Waals surface area contributed by atoms with Crippen molar-refractivity contribution in [2.75, 3.05) is 0 Å². The van der Waals surface area contributed by atoms with Crippen molar-refractivity contribution in [2.45, 2.75) is 12.2 Å². The number of thiocyanates is 1. The van der Waals surface area contributed by atoms with Crippen LogP contribution >= 0.6 is 23.1 Å². The number of hydrogen-bond donors (Lipinski definition) is 0. The Kier molecular flexibility index (Phi) is 2.72. The monoisotopic (exact) mass is 170 g/mol. The van der Waals surface area contributed by atoms with E-state index in [1.807, 2.05) is 6.92 Å². The minimum Gasteiger partial charge on any atom is -0.253 e. The summed E-state index contributed by atoms with van der Waals surface area (Å²) >= 11 is 2.85. The molecule has 52 valence electrons. The van der Waals surface area contributed by atoms with Crippen LogP contribution in [-0.2, 0) is 0 Å². The lowest BCUT2D eigenvalue weighted by Crippen LogP contribution is -1.79. The number of nitriles is 1. The van der Waals surface area contributed by atoms with E-state index in [0.29, 0.717) is 0 Å². The van der Waals surface area contributed by atoms with E-state index in [1.54, 1.807) is 23.0 Å². The van der Waals surface area contributed by atoms with Crippen molar-refractivity contribution in [2.24, 2.45) is 0 Å². The van der Waals surface area contributed by atoms with Crippen LogP contribution in [0.5, 0.6) is 0 Å². The molecular formula is C6H6N2S2. The van der Waals surface area contributed by atoms with Crippen molar-refractivity contribution in [1.82, 2.24) is 4.98 Å². The maximum absolute atomic E-state index is 8.33. The number of thioether (sulfide) groups is 1. The summed E-state index contributed by atoms with van der Waals surface area (Å²) in [5.41, 5.74) is 1.78. The molecule has 1 aromatic heterocycles. The molecular weight excluding hydrogens is 164 g/mol. The summed E-state index contributed by atoms with van der Waals surface area (Å²) in [5, 5.41) is 10.6. The smallest absolute Gasteiger partial charge is 0.134 e. The van der Waals surface area contributed by atoms with Crippen molar-refractivity contribution < 1.29 is 0 Å². The van der Waals surface area contributed by atoms with Crippen LogP contribution in [0.1, 0.15) is 17.1 Å². The van der Waals surface area contributed by atoms with E-state index >= 15 is 0 Å². The van der Waals surface area contributed by atoms with Crippen molar-refractivity contribution in [3.8, 4) is 5.40 Å². The Morgan fingerprint density at radius 1 is 1.90 bits per heavy atom. The van der Waals surface area contributed by atoms with Gasteiger partial charge in [-0.15, -0.1) is 11.3 Å². The predicted octanol–water partition coefficient (Wildman–Crippen LogP) is 2.42. The van der Waals surface area contributed by atoms with Gasteiger partial charge in [-0.1, -0.05) is 0 Å². The molecule has 0 saturated carbocycles. The van der Waals surface area contributed by atoms with E-state index in [2.05, 4.69) is 10.4 Å². The molecule has 1 atom stereocenters. The summed E-state index contributed by atoms with van der Waals surface area (Å²) in [6, 6.07) is 0. The Labute approximate surface area is 67.9 Å². The first kappa shape index (κ1) is 7.58. The van der Waals surface area contributed by atoms with Crippen molar-refractivity contribution in [3.05, 3.63) is 16.6 Å². The molecule has 0 amide bonds. The highest BCUT2D eigenvalue weighted by atomic mass is 32.2. The fourth-order valence-corrected chi connectivity index (χ4v) is 1.77. The Morgan fingerprint density at radius 2 is 2.70 bits per heavy atom. The van der Waals surface area contributed by atoms with E-state index in [1.165, 1.54) is 11.8 Å². The van der Waals surface area contributed by atoms with Crippen molar-refractivity contribution in [3.63, 3.8) is 0 Å². The summed E-state index contributed by atoms with van der Waals surface area (Å²) in [4.78, 5) is 5.08. The average Bonchev–Trinajstić information content (AvgIpc) is 2.38. The third-order valence-electron chi connectivity index (χ3n) is 1.08. The molecule has 0 radical (unpaired) electrons. The lowest BCUT2D eigenvalue weighted by molar-refractivity contribution is 1.13. The molecule has 0 spiro atoms. The topological polar surface area (TPSA) is 36.7 Å². The van der Waals surface area contributed by atoms with Crippen molar-refractivity contribution in [1.29, 1.82) is 5.26 Å². The van der Waals surface area contributed by atoms with Crippen LogP contribution in [-0.4, -0.2) is 4.98 Å². The molecule has 0 aliphatic heterocycles. The Morgan fingerprint density at radius 3 is 3.20 bits per heavy atom. The Balaban J connectivity index is 2.61. The van der Waals surface area contributed by atoms with Crippen LogP contribution in [0.4, 0.5) is 0 Å². The highest BCUT2D eigenvalue weighted by Gasteiger charge is 2.05. The average molecular weight is 170 g/mol. The molecule has 10 heavy (non-hydrogen) atoms. The van der Waals surface area contributed by atoms with Crippen molar-refractivity contribution >= 4 is 23.1 Å². The van der Waals surface area contributed by atoms with Gasteiger partial charge in [-0.3, -0.25) is 4.98 Å². The zero-order valence-electron chi connectivity index (χ0n) is 5.44. The lowest BCUT2D eigenvalue weighted by atomic mass is 10.4. The van der Waals surface area contributed by atoms with Gasteiger partial charge in [-0.05, 0) is 18.7 Å². The summed E-state index contributed by atoms with van der Waals surface area (Å²) < 4.78 is 0. The molecule has 0 fully saturated rings. The number of nitrogens with zero attached hydrogens (tertiary/aromatic N) is 2. The molecule has 0 aromatic carbocycles. The molecule has 0 saturated heterocycles. The predicted molar refractivity (Wildman–Crippen MR) is 43.7 cm³/mol. The van der Waals surface area contributed by atoms with Gasteiger partial charge >= 0.3 is 0 Å². The second-order valence-corrected chi connectivity index (χ2v) is 3.80. The molecule has 0 bridgehead atoms. The highest BCUT2D eigenvalue weighted by molar-refractivity contribution is 8.04. The summed E-state index contributed by atoms with van der Waals surface area (Å²) in [6.45, 7) is 2.00. The zero-order valence-corrected chi connectivity index (χ0v) is 7.08. The molecule has 0 N–H and O–H groups in total. The van der Waals surface area contributed by atoms with Gasteiger partial charge in [-0.2, -0.15) is 5.26 Å². The van der Waals surface area contributed by atoms with E-state index in [4.69, 9.17) is 5.26 Å². The summed E-state index contributed by atoms with van der Waals surface area (Å²) in [6.07, 6.45) is 1.81. The first-order valence-corrected chi connectivity index (χ1v) is 4.53. The summed E-state index contributed by atoms with van der Waals surface area (Å²) in [5.74, 6) is 0. The van der Waals surface area contributed by atoms with Crippen LogP contribution in [0.15, 0.2) is 11.7 Å². The molecule has 0 unspecified atom stereocenters. The first-order valence-electron chi connectivity index (χ1n) is 2.77. The van der Waals surface area contributed by atoms with Crippen LogP contribution in [0.2, 0.25) is 0 Å². The number of aromatic nitrogens is 1. The van der Waals surface area contributed by atoms with Crippen LogP contribution in [0.25, 0.3) is 0 Å². The van der Waals surface area contributed by atoms with E-state index in [-0.39, 0.29) is 5.25 Å². The largest absolute Gasteiger partial charge is 0.253 e. The fourth-order valence-electron chi connectivity index (χ4n) is 0.564. The number of rotatable bonds is 2. The lowest BCUT2D eigenvalue weighted by Gasteiger charge is -1.98. The Hall–Kier alpha value is -0.530. The van der Waals surface area contributed by atoms with Gasteiger partial charge in [0.05, 0.1) is 10.8 Å². The van der Waals surface area contributed by atoms with Gasteiger partial charge in [-0.25, -0.2) is 0 Å². The molecule has 0 aliphatic carbocycles. The fraction of sp³-hybridized carbons (Fsp3) is 0.333. The minimum absolute atomic E-state index is 0.262. The van der Waals surface area contributed by atoms with E-state index < -0.39 is 0 Å². The second kappa shape index (κ2) is 3.59. The summed E-state index contributed by atoms with van der Waals surface area (Å²) in [7, 11) is 0. The zero-order chi connectivity index (χ0) is 7.40. The first-order chi connectivity index (χ1) is 4.84. The molecule has 1 aromatic rings. The standard InChI is InChI=1S/C6H6N2S2/c1-5(9-3-7)6-2-8-4-10-6/h2,4-5H,1H3/t5-/m1/s1. The molecule has 1 rings (SSSR count). The molecule has 0 aliphatic rings. The van der Waals surface area contributed by atoms with Gasteiger partial charge in [0.15, 0.2) is 0 Å². The van der Waals surface area contributed by atoms with Gasteiger partial charge in [0.25, 0.3) is 0 Å². The SMILES string of the molecule is C[C@@H](SC#N)c1cncs1. The number of thiazole rings is 1. The minimum atomic E-state index is 0.262. The molecule has 4 heteroatoms. The van der Waals surface area contributed by atoms with Gasteiger partial charge in [0.1, 0.15) is 5.40 Å². The van der Waals surface area contributed by atoms with Gasteiger partial charge < -0.3 is 0 Å². The second-order valence-electron chi connectivity index (χ2n) is 1.76. The molecule has 2 nitrogen and oxygen atoms in total. The quantitative estimate of drug-likeness (QED) is 0.639. The third kappa shape index (κ3) is 1.72. The van der Waals surface area contributed by atoms with E-state index in [0.717, 1.165) is 4.88 Å². The Bertz CT molecular complexity index is 224. The van der Waals surface area contributed by atoms with Crippen LogP contribution < -0.4 is 0 Å². The highest BCUT2D eigenvalue weighted by Crippen LogP contribution is 2.29. The molecule has 1 heterocycles.